The Labute approximate surface area is 106 Å². The first-order chi connectivity index (χ1) is 8.21. The van der Waals surface area contributed by atoms with E-state index in [1.54, 1.807) is 7.11 Å². The van der Waals surface area contributed by atoms with Crippen LogP contribution in [0.25, 0.3) is 10.9 Å². The van der Waals surface area contributed by atoms with Crippen LogP contribution >= 0.6 is 11.6 Å². The number of aryl methyl sites for hydroxylation is 1. The molecule has 1 aromatic heterocycles. The quantitative estimate of drug-likeness (QED) is 0.909. The molecule has 1 N–H and O–H groups in total. The minimum atomic E-state index is 0.122. The smallest absolute Gasteiger partial charge is 0.138 e. The van der Waals surface area contributed by atoms with Gasteiger partial charge >= 0.3 is 0 Å². The van der Waals surface area contributed by atoms with Gasteiger partial charge in [-0.05, 0) is 24.1 Å². The lowest BCUT2D eigenvalue weighted by Gasteiger charge is -2.06. The highest BCUT2D eigenvalue weighted by atomic mass is 35.5. The maximum atomic E-state index is 9.05. The predicted molar refractivity (Wildman–Crippen MR) is 70.0 cm³/mol. The molecular formula is C13H16ClNO2. The summed E-state index contributed by atoms with van der Waals surface area (Å²) in [6.07, 6.45) is 3.01. The summed E-state index contributed by atoms with van der Waals surface area (Å²) in [7, 11) is 1.61. The minimum Gasteiger partial charge on any atom is -0.495 e. The summed E-state index contributed by atoms with van der Waals surface area (Å²) in [6, 6.07) is 3.86. The second-order valence-electron chi connectivity index (χ2n) is 3.93. The van der Waals surface area contributed by atoms with Crippen LogP contribution in [0.5, 0.6) is 5.75 Å². The first-order valence-electron chi connectivity index (χ1n) is 5.67. The van der Waals surface area contributed by atoms with Crippen molar-refractivity contribution in [3.05, 3.63) is 28.9 Å². The molecule has 0 spiro atoms. The summed E-state index contributed by atoms with van der Waals surface area (Å²) in [5.41, 5.74) is 2.28. The number of rotatable bonds is 4. The second-order valence-corrected chi connectivity index (χ2v) is 4.34. The molecule has 2 rings (SSSR count). The Morgan fingerprint density at radius 1 is 1.41 bits per heavy atom. The Hall–Kier alpha value is -1.19. The molecule has 3 nitrogen and oxygen atoms in total. The van der Waals surface area contributed by atoms with E-state index in [1.807, 2.05) is 16.7 Å². The molecule has 0 atom stereocenters. The van der Waals surface area contributed by atoms with Crippen LogP contribution in [0.3, 0.4) is 0 Å². The van der Waals surface area contributed by atoms with Gasteiger partial charge in [0, 0.05) is 18.1 Å². The van der Waals surface area contributed by atoms with Crippen molar-refractivity contribution in [2.45, 2.75) is 19.9 Å². The van der Waals surface area contributed by atoms with Gasteiger partial charge < -0.3 is 14.4 Å². The Kier molecular flexibility index (Phi) is 3.60. The molecule has 0 saturated carbocycles. The summed E-state index contributed by atoms with van der Waals surface area (Å²) < 4.78 is 7.26. The maximum absolute atomic E-state index is 9.05. The van der Waals surface area contributed by atoms with Crippen LogP contribution in [0.15, 0.2) is 18.3 Å². The van der Waals surface area contributed by atoms with Crippen LogP contribution < -0.4 is 4.74 Å². The van der Waals surface area contributed by atoms with Crippen molar-refractivity contribution in [3.8, 4) is 5.75 Å². The summed E-state index contributed by atoms with van der Waals surface area (Å²) >= 11 is 6.13. The highest BCUT2D eigenvalue weighted by Crippen LogP contribution is 2.32. The van der Waals surface area contributed by atoms with Crippen molar-refractivity contribution >= 4 is 22.5 Å². The second kappa shape index (κ2) is 4.98. The first-order valence-corrected chi connectivity index (χ1v) is 6.05. The van der Waals surface area contributed by atoms with Crippen molar-refractivity contribution in [1.82, 2.24) is 4.57 Å². The molecule has 4 heteroatoms. The van der Waals surface area contributed by atoms with E-state index in [2.05, 4.69) is 13.1 Å². The van der Waals surface area contributed by atoms with Gasteiger partial charge in [0.15, 0.2) is 0 Å². The molecule has 0 aliphatic rings. The number of hydrogen-bond donors (Lipinski definition) is 1. The largest absolute Gasteiger partial charge is 0.495 e. The zero-order valence-corrected chi connectivity index (χ0v) is 10.8. The Bertz CT molecular complexity index is 534. The molecule has 0 radical (unpaired) electrons. The van der Waals surface area contributed by atoms with Crippen molar-refractivity contribution in [2.75, 3.05) is 13.7 Å². The van der Waals surface area contributed by atoms with Gasteiger partial charge in [-0.15, -0.1) is 0 Å². The van der Waals surface area contributed by atoms with Crippen molar-refractivity contribution in [2.24, 2.45) is 0 Å². The number of fused-ring (bicyclic) bond motifs is 1. The fourth-order valence-electron chi connectivity index (χ4n) is 2.10. The third kappa shape index (κ3) is 2.13. The minimum absolute atomic E-state index is 0.122. The topological polar surface area (TPSA) is 34.4 Å². The first kappa shape index (κ1) is 12.3. The number of aliphatic hydroxyl groups is 1. The van der Waals surface area contributed by atoms with E-state index >= 15 is 0 Å². The lowest BCUT2D eigenvalue weighted by Crippen LogP contribution is -1.99. The van der Waals surface area contributed by atoms with E-state index in [4.69, 9.17) is 21.4 Å². The van der Waals surface area contributed by atoms with Gasteiger partial charge in [-0.2, -0.15) is 0 Å². The molecule has 17 heavy (non-hydrogen) atoms. The normalized spacial score (nSPS) is 11.1. The molecule has 0 amide bonds. The molecule has 0 aliphatic carbocycles. The summed E-state index contributed by atoms with van der Waals surface area (Å²) in [4.78, 5) is 0. The number of benzene rings is 1. The highest BCUT2D eigenvalue weighted by Gasteiger charge is 2.11. The van der Waals surface area contributed by atoms with Gasteiger partial charge in [0.2, 0.25) is 0 Å². The third-order valence-electron chi connectivity index (χ3n) is 2.96. The molecule has 0 saturated heterocycles. The lowest BCUT2D eigenvalue weighted by molar-refractivity contribution is 0.278. The van der Waals surface area contributed by atoms with Crippen molar-refractivity contribution < 1.29 is 9.84 Å². The number of nitrogens with zero attached hydrogens (tertiary/aromatic N) is 1. The van der Waals surface area contributed by atoms with E-state index in [0.717, 1.165) is 17.3 Å². The van der Waals surface area contributed by atoms with Crippen LogP contribution in [0.4, 0.5) is 0 Å². The molecule has 0 bridgehead atoms. The van der Waals surface area contributed by atoms with E-state index in [1.165, 1.54) is 5.56 Å². The van der Waals surface area contributed by atoms with Gasteiger partial charge in [-0.1, -0.05) is 18.5 Å². The number of aliphatic hydroxyl groups excluding tert-OH is 1. The molecule has 0 fully saturated rings. The van der Waals surface area contributed by atoms with Crippen LogP contribution in [0, 0.1) is 0 Å². The average molecular weight is 254 g/mol. The van der Waals surface area contributed by atoms with Gasteiger partial charge in [0.05, 0.1) is 24.3 Å². The Morgan fingerprint density at radius 2 is 2.18 bits per heavy atom. The average Bonchev–Trinajstić information content (AvgIpc) is 2.66. The fraction of sp³-hybridized carbons (Fsp3) is 0.385. The van der Waals surface area contributed by atoms with Crippen LogP contribution in [-0.2, 0) is 13.0 Å². The number of aromatic nitrogens is 1. The monoisotopic (exact) mass is 253 g/mol. The molecule has 0 aliphatic heterocycles. The molecule has 0 unspecified atom stereocenters. The Balaban J connectivity index is 2.67. The van der Waals surface area contributed by atoms with Gasteiger partial charge in [0.25, 0.3) is 0 Å². The number of hydrogen-bond acceptors (Lipinski definition) is 2. The van der Waals surface area contributed by atoms with E-state index in [-0.39, 0.29) is 6.61 Å². The van der Waals surface area contributed by atoms with E-state index in [9.17, 15) is 0 Å². The SMILES string of the molecule is CCc1cn(CCO)c2cc(Cl)c(OC)cc12. The zero-order valence-electron chi connectivity index (χ0n) is 10.0. The number of halogens is 1. The fourth-order valence-corrected chi connectivity index (χ4v) is 2.33. The highest BCUT2D eigenvalue weighted by molar-refractivity contribution is 6.32. The van der Waals surface area contributed by atoms with Crippen LogP contribution in [0.1, 0.15) is 12.5 Å². The molecular weight excluding hydrogens is 238 g/mol. The lowest BCUT2D eigenvalue weighted by atomic mass is 10.1. The zero-order chi connectivity index (χ0) is 12.4. The van der Waals surface area contributed by atoms with E-state index < -0.39 is 0 Å². The van der Waals surface area contributed by atoms with Crippen molar-refractivity contribution in [3.63, 3.8) is 0 Å². The molecule has 92 valence electrons. The van der Waals surface area contributed by atoms with Gasteiger partial charge in [-0.3, -0.25) is 0 Å². The molecule has 2 aromatic rings. The van der Waals surface area contributed by atoms with Gasteiger partial charge in [-0.25, -0.2) is 0 Å². The number of ether oxygens (including phenoxy) is 1. The maximum Gasteiger partial charge on any atom is 0.138 e. The molecule has 1 aromatic carbocycles. The van der Waals surface area contributed by atoms with Crippen LogP contribution in [0.2, 0.25) is 5.02 Å². The summed E-state index contributed by atoms with van der Waals surface area (Å²) in [6.45, 7) is 2.81. The molecule has 1 heterocycles. The standard InChI is InChI=1S/C13H16ClNO2/c1-3-9-8-15(4-5-16)12-7-11(14)13(17-2)6-10(9)12/h6-8,16H,3-5H2,1-2H3. The Morgan fingerprint density at radius 3 is 2.76 bits per heavy atom. The van der Waals surface area contributed by atoms with Crippen molar-refractivity contribution in [1.29, 1.82) is 0 Å². The van der Waals surface area contributed by atoms with Crippen LogP contribution in [-0.4, -0.2) is 23.4 Å². The van der Waals surface area contributed by atoms with E-state index in [0.29, 0.717) is 17.3 Å². The summed E-state index contributed by atoms with van der Waals surface area (Å²) in [5, 5.41) is 10.8. The predicted octanol–water partition coefficient (Wildman–Crippen LogP) is 2.86. The number of methoxy groups -OCH3 is 1. The van der Waals surface area contributed by atoms with Gasteiger partial charge in [0.1, 0.15) is 5.75 Å². The summed E-state index contributed by atoms with van der Waals surface area (Å²) in [5.74, 6) is 0.690. The third-order valence-corrected chi connectivity index (χ3v) is 3.25.